The van der Waals surface area contributed by atoms with Crippen molar-refractivity contribution in [3.05, 3.63) is 34.3 Å². The number of halogens is 1. The van der Waals surface area contributed by atoms with E-state index >= 15 is 0 Å². The lowest BCUT2D eigenvalue weighted by atomic mass is 10.0. The lowest BCUT2D eigenvalue weighted by molar-refractivity contribution is -0.138. The molecular weight excluding hydrogens is 202 g/mol. The molecule has 0 aliphatic heterocycles. The maximum absolute atomic E-state index is 10.5. The molecule has 3 nitrogen and oxygen atoms in total. The Morgan fingerprint density at radius 3 is 2.79 bits per heavy atom. The van der Waals surface area contributed by atoms with Crippen molar-refractivity contribution in [2.24, 2.45) is 5.73 Å². The van der Waals surface area contributed by atoms with Crippen LogP contribution < -0.4 is 5.73 Å². The van der Waals surface area contributed by atoms with Gasteiger partial charge < -0.3 is 10.8 Å². The molecule has 4 heteroatoms. The fraction of sp³-hybridized carbons (Fsp3) is 0.300. The summed E-state index contributed by atoms with van der Waals surface area (Å²) in [6, 6.07) is 4.54. The Kier molecular flexibility index (Phi) is 3.49. The van der Waals surface area contributed by atoms with Gasteiger partial charge in [0.25, 0.3) is 0 Å². The van der Waals surface area contributed by atoms with Crippen LogP contribution in [0.3, 0.4) is 0 Å². The number of carboxylic acid groups (broad SMARTS) is 1. The summed E-state index contributed by atoms with van der Waals surface area (Å²) >= 11 is 5.83. The van der Waals surface area contributed by atoms with Crippen molar-refractivity contribution in [3.8, 4) is 0 Å². The Labute approximate surface area is 87.5 Å². The normalized spacial score (nSPS) is 12.5. The SMILES string of the molecule is Cc1cc(C[C@@H](N)C(=O)O)ccc1Cl. The van der Waals surface area contributed by atoms with Crippen molar-refractivity contribution in [2.75, 3.05) is 0 Å². The van der Waals surface area contributed by atoms with Gasteiger partial charge in [0.15, 0.2) is 0 Å². The molecule has 1 aromatic carbocycles. The standard InChI is InChI=1S/C10H12ClNO2/c1-6-4-7(2-3-8(6)11)5-9(12)10(13)14/h2-4,9H,5,12H2,1H3,(H,13,14)/t9-/m1/s1. The number of carboxylic acids is 1. The highest BCUT2D eigenvalue weighted by Gasteiger charge is 2.12. The van der Waals surface area contributed by atoms with Crippen LogP contribution in [0.4, 0.5) is 0 Å². The molecule has 14 heavy (non-hydrogen) atoms. The number of aliphatic carboxylic acids is 1. The lowest BCUT2D eigenvalue weighted by Gasteiger charge is -2.07. The van der Waals surface area contributed by atoms with E-state index in [1.807, 2.05) is 13.0 Å². The zero-order valence-electron chi connectivity index (χ0n) is 7.83. The quantitative estimate of drug-likeness (QED) is 0.802. The Hall–Kier alpha value is -1.06. The highest BCUT2D eigenvalue weighted by Crippen LogP contribution is 2.16. The summed E-state index contributed by atoms with van der Waals surface area (Å²) in [5.74, 6) is -0.988. The molecule has 3 N–H and O–H groups in total. The zero-order chi connectivity index (χ0) is 10.7. The highest BCUT2D eigenvalue weighted by molar-refractivity contribution is 6.31. The summed E-state index contributed by atoms with van der Waals surface area (Å²) in [5, 5.41) is 9.29. The molecule has 0 aliphatic rings. The number of hydrogen-bond donors (Lipinski definition) is 2. The summed E-state index contributed by atoms with van der Waals surface area (Å²) in [6.45, 7) is 1.87. The van der Waals surface area contributed by atoms with E-state index in [1.54, 1.807) is 12.1 Å². The second-order valence-electron chi connectivity index (χ2n) is 3.23. The van der Waals surface area contributed by atoms with Gasteiger partial charge in [-0.05, 0) is 30.5 Å². The van der Waals surface area contributed by atoms with Gasteiger partial charge in [-0.2, -0.15) is 0 Å². The third-order valence-electron chi connectivity index (χ3n) is 2.00. The third-order valence-corrected chi connectivity index (χ3v) is 2.42. The van der Waals surface area contributed by atoms with Crippen LogP contribution in [0.2, 0.25) is 5.02 Å². The van der Waals surface area contributed by atoms with Crippen molar-refractivity contribution >= 4 is 17.6 Å². The fourth-order valence-electron chi connectivity index (χ4n) is 1.18. The summed E-state index contributed by atoms with van der Waals surface area (Å²) in [7, 11) is 0. The minimum Gasteiger partial charge on any atom is -0.480 e. The Bertz CT molecular complexity index is 352. The van der Waals surface area contributed by atoms with Crippen molar-refractivity contribution < 1.29 is 9.90 Å². The molecule has 1 aromatic rings. The van der Waals surface area contributed by atoms with E-state index < -0.39 is 12.0 Å². The van der Waals surface area contributed by atoms with Crippen LogP contribution in [-0.2, 0) is 11.2 Å². The molecule has 0 radical (unpaired) electrons. The predicted octanol–water partition coefficient (Wildman–Crippen LogP) is 1.60. The molecule has 0 amide bonds. The van der Waals surface area contributed by atoms with E-state index in [0.717, 1.165) is 11.1 Å². The van der Waals surface area contributed by atoms with Gasteiger partial charge in [-0.1, -0.05) is 23.7 Å². The minimum atomic E-state index is -0.988. The average Bonchev–Trinajstić information content (AvgIpc) is 2.11. The second kappa shape index (κ2) is 4.44. The number of hydrogen-bond acceptors (Lipinski definition) is 2. The highest BCUT2D eigenvalue weighted by atomic mass is 35.5. The molecular formula is C10H12ClNO2. The molecule has 0 bridgehead atoms. The van der Waals surface area contributed by atoms with Crippen LogP contribution in [0.5, 0.6) is 0 Å². The van der Waals surface area contributed by atoms with E-state index in [1.165, 1.54) is 0 Å². The Morgan fingerprint density at radius 2 is 2.29 bits per heavy atom. The maximum atomic E-state index is 10.5. The van der Waals surface area contributed by atoms with Crippen LogP contribution in [0.25, 0.3) is 0 Å². The molecule has 0 aromatic heterocycles. The molecule has 0 heterocycles. The molecule has 76 valence electrons. The fourth-order valence-corrected chi connectivity index (χ4v) is 1.29. The number of carbonyl (C=O) groups is 1. The molecule has 1 atom stereocenters. The summed E-state index contributed by atoms with van der Waals surface area (Å²) in [6.07, 6.45) is 0.327. The van der Waals surface area contributed by atoms with Gasteiger partial charge in [0.2, 0.25) is 0 Å². The van der Waals surface area contributed by atoms with Crippen molar-refractivity contribution in [1.29, 1.82) is 0 Å². The van der Waals surface area contributed by atoms with Gasteiger partial charge in [-0.15, -0.1) is 0 Å². The van der Waals surface area contributed by atoms with Crippen LogP contribution in [0, 0.1) is 6.92 Å². The van der Waals surface area contributed by atoms with E-state index in [0.29, 0.717) is 11.4 Å². The van der Waals surface area contributed by atoms with Crippen LogP contribution in [0.15, 0.2) is 18.2 Å². The first-order valence-corrected chi connectivity index (χ1v) is 4.62. The maximum Gasteiger partial charge on any atom is 0.320 e. The number of rotatable bonds is 3. The number of nitrogens with two attached hydrogens (primary N) is 1. The average molecular weight is 214 g/mol. The van der Waals surface area contributed by atoms with E-state index in [4.69, 9.17) is 22.4 Å². The third kappa shape index (κ3) is 2.72. The molecule has 0 saturated carbocycles. The zero-order valence-corrected chi connectivity index (χ0v) is 8.58. The smallest absolute Gasteiger partial charge is 0.320 e. The number of benzene rings is 1. The summed E-state index contributed by atoms with van der Waals surface area (Å²) < 4.78 is 0. The van der Waals surface area contributed by atoms with E-state index in [-0.39, 0.29) is 0 Å². The predicted molar refractivity (Wildman–Crippen MR) is 55.5 cm³/mol. The monoisotopic (exact) mass is 213 g/mol. The molecule has 0 saturated heterocycles. The summed E-state index contributed by atoms with van der Waals surface area (Å²) in [4.78, 5) is 10.5. The largest absolute Gasteiger partial charge is 0.480 e. The first-order chi connectivity index (χ1) is 6.50. The molecule has 0 aliphatic carbocycles. The molecule has 0 spiro atoms. The van der Waals surface area contributed by atoms with Gasteiger partial charge in [-0.3, -0.25) is 4.79 Å². The first kappa shape index (κ1) is 11.0. The van der Waals surface area contributed by atoms with Crippen LogP contribution >= 0.6 is 11.6 Å². The van der Waals surface area contributed by atoms with E-state index in [2.05, 4.69) is 0 Å². The Morgan fingerprint density at radius 1 is 1.64 bits per heavy atom. The molecule has 0 fully saturated rings. The lowest BCUT2D eigenvalue weighted by Crippen LogP contribution is -2.32. The topological polar surface area (TPSA) is 63.3 Å². The molecule has 1 rings (SSSR count). The van der Waals surface area contributed by atoms with Crippen molar-refractivity contribution in [3.63, 3.8) is 0 Å². The van der Waals surface area contributed by atoms with Gasteiger partial charge in [0, 0.05) is 5.02 Å². The molecule has 0 unspecified atom stereocenters. The van der Waals surface area contributed by atoms with Crippen molar-refractivity contribution in [2.45, 2.75) is 19.4 Å². The first-order valence-electron chi connectivity index (χ1n) is 4.24. The van der Waals surface area contributed by atoms with Crippen molar-refractivity contribution in [1.82, 2.24) is 0 Å². The van der Waals surface area contributed by atoms with Crippen LogP contribution in [-0.4, -0.2) is 17.1 Å². The van der Waals surface area contributed by atoms with Gasteiger partial charge in [0.1, 0.15) is 6.04 Å². The van der Waals surface area contributed by atoms with Gasteiger partial charge in [0.05, 0.1) is 0 Å². The number of aryl methyl sites for hydroxylation is 1. The van der Waals surface area contributed by atoms with Gasteiger partial charge in [-0.25, -0.2) is 0 Å². The minimum absolute atomic E-state index is 0.327. The second-order valence-corrected chi connectivity index (χ2v) is 3.64. The van der Waals surface area contributed by atoms with Crippen LogP contribution in [0.1, 0.15) is 11.1 Å². The Balaban J connectivity index is 2.78. The van der Waals surface area contributed by atoms with Gasteiger partial charge >= 0.3 is 5.97 Å². The van der Waals surface area contributed by atoms with E-state index in [9.17, 15) is 4.79 Å². The summed E-state index contributed by atoms with van der Waals surface area (Å²) in [5.41, 5.74) is 7.23.